The standard InChI is InChI=1S/C7H16N2O.C7H15NO3S.C7H15NO.C6H15NO2S.C6H14O2S/c1-5(2)8-7(10)9-6(3)4;1-5(2)7(9)8-12(10,11)6(3)4;1-5(2)7(9)8-6(3)4;1-5(2)7-10(8,9)6(3)4;1-5(2)9(7,8)6(3)4/h5-6H,1-4H3,(H2,8,9,10);5-6H,1-4H3,(H,8,9);5-6H,1-4H3,(H,8,9);5-7H,1-4H3;5-6H,1-4H3. The van der Waals surface area contributed by atoms with Gasteiger partial charge in [-0.15, -0.1) is 0 Å². The van der Waals surface area contributed by atoms with Gasteiger partial charge in [-0.05, 0) is 111 Å². The second-order valence-electron chi connectivity index (χ2n) is 14.5. The number of amides is 4. The van der Waals surface area contributed by atoms with Gasteiger partial charge in [0.15, 0.2) is 9.84 Å². The number of carbonyl (C=O) groups excluding carboxylic acids is 3. The minimum Gasteiger partial charge on any atom is -0.354 e. The Kier molecular flexibility index (Phi) is 31.7. The Morgan fingerprint density at radius 1 is 0.380 bits per heavy atom. The minimum atomic E-state index is -3.44. The lowest BCUT2D eigenvalue weighted by Gasteiger charge is -2.11. The third-order valence-corrected chi connectivity index (χ3v) is 11.9. The first-order valence-corrected chi connectivity index (χ1v) is 21.9. The van der Waals surface area contributed by atoms with Crippen LogP contribution in [0.2, 0.25) is 0 Å². The predicted octanol–water partition coefficient (Wildman–Crippen LogP) is 4.71. The molecule has 0 saturated heterocycles. The summed E-state index contributed by atoms with van der Waals surface area (Å²) in [6.07, 6.45) is 0. The van der Waals surface area contributed by atoms with Gasteiger partial charge in [0.1, 0.15) is 0 Å². The first-order valence-electron chi connectivity index (χ1n) is 17.2. The van der Waals surface area contributed by atoms with E-state index in [-0.39, 0.29) is 63.7 Å². The summed E-state index contributed by atoms with van der Waals surface area (Å²) in [5.41, 5.74) is 0. The molecule has 0 rings (SSSR count). The van der Waals surface area contributed by atoms with Gasteiger partial charge in [0, 0.05) is 36.0 Å². The second kappa shape index (κ2) is 27.6. The van der Waals surface area contributed by atoms with Crippen molar-refractivity contribution in [3.8, 4) is 0 Å². The lowest BCUT2D eigenvalue weighted by Crippen LogP contribution is -2.42. The molecule has 14 nitrogen and oxygen atoms in total. The average Bonchev–Trinajstić information content (AvgIpc) is 2.87. The number of nitrogens with one attached hydrogen (secondary N) is 5. The molecule has 0 unspecified atom stereocenters. The SMILES string of the molecule is CC(C)C(=O)NS(=O)(=O)C(C)C.CC(C)NC(=O)C(C)C.CC(C)NC(=O)NC(C)C.CC(C)NS(=O)(=O)C(C)C.CC(C)S(=O)(=O)C(C)C. The Labute approximate surface area is 307 Å². The molecule has 0 bridgehead atoms. The highest BCUT2D eigenvalue weighted by Gasteiger charge is 2.21. The third-order valence-electron chi connectivity index (χ3n) is 5.52. The molecular formula is C33H75N5O9S3. The smallest absolute Gasteiger partial charge is 0.315 e. The fourth-order valence-corrected chi connectivity index (χ4v) is 5.17. The molecule has 0 saturated carbocycles. The molecule has 5 N–H and O–H groups in total. The van der Waals surface area contributed by atoms with Gasteiger partial charge in [-0.2, -0.15) is 0 Å². The second-order valence-corrected chi connectivity index (χ2v) is 22.1. The van der Waals surface area contributed by atoms with Crippen LogP contribution in [0.1, 0.15) is 138 Å². The molecule has 0 aromatic rings. The van der Waals surface area contributed by atoms with E-state index < -0.39 is 41.0 Å². The van der Waals surface area contributed by atoms with E-state index in [4.69, 9.17) is 0 Å². The van der Waals surface area contributed by atoms with Crippen molar-refractivity contribution in [3.05, 3.63) is 0 Å². The fourth-order valence-electron chi connectivity index (χ4n) is 2.40. The van der Waals surface area contributed by atoms with E-state index in [0.717, 1.165) is 0 Å². The largest absolute Gasteiger partial charge is 0.354 e. The number of hydrogen-bond donors (Lipinski definition) is 5. The lowest BCUT2D eigenvalue weighted by molar-refractivity contribution is -0.124. The van der Waals surface area contributed by atoms with E-state index in [2.05, 4.69) is 20.7 Å². The van der Waals surface area contributed by atoms with E-state index in [9.17, 15) is 39.6 Å². The molecule has 304 valence electrons. The first-order chi connectivity index (χ1) is 22.1. The third kappa shape index (κ3) is 34.5. The van der Waals surface area contributed by atoms with Gasteiger partial charge in [0.05, 0.1) is 21.0 Å². The molecular weight excluding hydrogens is 707 g/mol. The number of urea groups is 1. The Bertz CT molecular complexity index is 1230. The van der Waals surface area contributed by atoms with Crippen molar-refractivity contribution in [2.75, 3.05) is 0 Å². The van der Waals surface area contributed by atoms with Gasteiger partial charge in [-0.3, -0.25) is 14.3 Å². The summed E-state index contributed by atoms with van der Waals surface area (Å²) in [6, 6.07) is 0.579. The van der Waals surface area contributed by atoms with Gasteiger partial charge in [-0.1, -0.05) is 27.7 Å². The first kappa shape index (κ1) is 57.4. The fraction of sp³-hybridized carbons (Fsp3) is 0.909. The topological polar surface area (TPSA) is 214 Å². The zero-order valence-corrected chi connectivity index (χ0v) is 37.1. The highest BCUT2D eigenvalue weighted by molar-refractivity contribution is 7.92. The number of hydrogen-bond acceptors (Lipinski definition) is 9. The van der Waals surface area contributed by atoms with Crippen LogP contribution < -0.4 is 25.4 Å². The summed E-state index contributed by atoms with van der Waals surface area (Å²) in [5.74, 6) is -0.528. The summed E-state index contributed by atoms with van der Waals surface area (Å²) in [4.78, 5) is 32.7. The molecule has 0 aliphatic heterocycles. The van der Waals surface area contributed by atoms with Gasteiger partial charge in [-0.25, -0.2) is 34.8 Å². The Morgan fingerprint density at radius 3 is 0.820 bits per heavy atom. The molecule has 50 heavy (non-hydrogen) atoms. The van der Waals surface area contributed by atoms with Crippen LogP contribution in [-0.4, -0.2) is 88.3 Å². The number of carbonyl (C=O) groups is 3. The maximum atomic E-state index is 11.1. The predicted molar refractivity (Wildman–Crippen MR) is 209 cm³/mol. The highest BCUT2D eigenvalue weighted by Crippen LogP contribution is 2.06. The van der Waals surface area contributed by atoms with Crippen LogP contribution in [0.3, 0.4) is 0 Å². The van der Waals surface area contributed by atoms with Crippen LogP contribution in [0.5, 0.6) is 0 Å². The Morgan fingerprint density at radius 2 is 0.680 bits per heavy atom. The average molecular weight is 782 g/mol. The van der Waals surface area contributed by atoms with E-state index >= 15 is 0 Å². The van der Waals surface area contributed by atoms with Gasteiger partial charge >= 0.3 is 6.03 Å². The number of sulfone groups is 1. The van der Waals surface area contributed by atoms with Crippen LogP contribution in [0.4, 0.5) is 4.79 Å². The van der Waals surface area contributed by atoms with Gasteiger partial charge < -0.3 is 16.0 Å². The Balaban J connectivity index is -0.000000169. The van der Waals surface area contributed by atoms with E-state index in [0.29, 0.717) is 0 Å². The minimum absolute atomic E-state index is 0.00704. The summed E-state index contributed by atoms with van der Waals surface area (Å²) >= 11 is 0. The molecule has 0 atom stereocenters. The molecule has 0 spiro atoms. The molecule has 0 heterocycles. The number of rotatable bonds is 12. The molecule has 17 heteroatoms. The Hall–Kier alpha value is -1.98. The molecule has 4 amide bonds. The van der Waals surface area contributed by atoms with Crippen LogP contribution in [0, 0.1) is 11.8 Å². The van der Waals surface area contributed by atoms with E-state index in [1.165, 1.54) is 13.8 Å². The molecule has 0 fully saturated rings. The molecule has 0 aliphatic carbocycles. The van der Waals surface area contributed by atoms with Crippen molar-refractivity contribution in [3.63, 3.8) is 0 Å². The maximum Gasteiger partial charge on any atom is 0.315 e. The molecule has 0 radical (unpaired) electrons. The zero-order chi connectivity index (χ0) is 41.5. The molecule has 0 aromatic carbocycles. The summed E-state index contributed by atoms with van der Waals surface area (Å²) in [6.45, 7) is 35.5. The van der Waals surface area contributed by atoms with Crippen molar-refractivity contribution in [1.29, 1.82) is 0 Å². The van der Waals surface area contributed by atoms with E-state index in [1.54, 1.807) is 69.2 Å². The summed E-state index contributed by atoms with van der Waals surface area (Å²) < 4.78 is 70.8. The van der Waals surface area contributed by atoms with Crippen molar-refractivity contribution < 1.29 is 39.6 Å². The maximum absolute atomic E-state index is 11.1. The van der Waals surface area contributed by atoms with Gasteiger partial charge in [0.2, 0.25) is 31.9 Å². The number of sulfonamides is 2. The zero-order valence-electron chi connectivity index (χ0n) is 34.7. The van der Waals surface area contributed by atoms with Crippen LogP contribution in [0.25, 0.3) is 0 Å². The lowest BCUT2D eigenvalue weighted by atomic mass is 10.2. The van der Waals surface area contributed by atoms with Crippen molar-refractivity contribution in [1.82, 2.24) is 25.4 Å². The van der Waals surface area contributed by atoms with Crippen molar-refractivity contribution in [2.45, 2.75) is 184 Å². The van der Waals surface area contributed by atoms with Crippen molar-refractivity contribution in [2.24, 2.45) is 11.8 Å². The quantitative estimate of drug-likeness (QED) is 0.185. The summed E-state index contributed by atoms with van der Waals surface area (Å²) in [7, 11) is -9.30. The molecule has 0 aromatic heterocycles. The monoisotopic (exact) mass is 781 g/mol. The van der Waals surface area contributed by atoms with Crippen LogP contribution in [-0.2, 0) is 39.5 Å². The molecule has 0 aliphatic rings. The van der Waals surface area contributed by atoms with E-state index in [1.807, 2.05) is 60.1 Å². The summed E-state index contributed by atoms with van der Waals surface area (Å²) in [5, 5.41) is 6.87. The van der Waals surface area contributed by atoms with Crippen LogP contribution >= 0.6 is 0 Å². The van der Waals surface area contributed by atoms with Crippen molar-refractivity contribution >= 4 is 47.7 Å². The highest BCUT2D eigenvalue weighted by atomic mass is 32.2. The van der Waals surface area contributed by atoms with Gasteiger partial charge in [0.25, 0.3) is 0 Å². The normalized spacial score (nSPS) is 11.8. The van der Waals surface area contributed by atoms with Crippen LogP contribution in [0.15, 0.2) is 0 Å².